The number of nitrogens with zero attached hydrogens (tertiary/aromatic N) is 1. The predicted molar refractivity (Wildman–Crippen MR) is 50.0 cm³/mol. The smallest absolute Gasteiger partial charge is 0.194 e. The third-order valence-corrected chi connectivity index (χ3v) is 2.12. The Kier molecular flexibility index (Phi) is 2.86. The van der Waals surface area contributed by atoms with Crippen LogP contribution >= 0.6 is 0 Å². The Morgan fingerprint density at radius 2 is 2.64 bits per heavy atom. The zero-order valence-electron chi connectivity index (χ0n) is 7.69. The molecule has 1 aliphatic rings. The second-order valence-electron chi connectivity index (χ2n) is 3.10. The van der Waals surface area contributed by atoms with Gasteiger partial charge in [0, 0.05) is 24.8 Å². The van der Waals surface area contributed by atoms with E-state index in [0.29, 0.717) is 18.7 Å². The van der Waals surface area contributed by atoms with E-state index in [9.17, 15) is 4.79 Å². The average Bonchev–Trinajstić information content (AvgIpc) is 2.30. The number of carbonyl (C=O) groups is 1. The van der Waals surface area contributed by atoms with E-state index < -0.39 is 0 Å². The van der Waals surface area contributed by atoms with Gasteiger partial charge in [-0.15, -0.1) is 0 Å². The summed E-state index contributed by atoms with van der Waals surface area (Å²) < 4.78 is 5.34. The molecule has 4 heteroatoms. The van der Waals surface area contributed by atoms with Gasteiger partial charge in [-0.2, -0.15) is 0 Å². The van der Waals surface area contributed by atoms with Crippen LogP contribution in [0, 0.1) is 6.20 Å². The molecule has 0 spiro atoms. The van der Waals surface area contributed by atoms with Crippen molar-refractivity contribution < 1.29 is 9.53 Å². The van der Waals surface area contributed by atoms with Gasteiger partial charge in [-0.1, -0.05) is 0 Å². The van der Waals surface area contributed by atoms with Crippen molar-refractivity contribution in [3.63, 3.8) is 0 Å². The lowest BCUT2D eigenvalue weighted by molar-refractivity contribution is 0.0269. The molecule has 0 saturated carbocycles. The van der Waals surface area contributed by atoms with Crippen LogP contribution in [-0.4, -0.2) is 36.6 Å². The van der Waals surface area contributed by atoms with Crippen LogP contribution in [0.15, 0.2) is 18.3 Å². The molecule has 1 N–H and O–H groups in total. The molecule has 1 aromatic rings. The van der Waals surface area contributed by atoms with E-state index in [4.69, 9.17) is 4.74 Å². The van der Waals surface area contributed by atoms with Crippen molar-refractivity contribution in [3.05, 3.63) is 30.1 Å². The average molecular weight is 191 g/mol. The zero-order valence-corrected chi connectivity index (χ0v) is 7.69. The Morgan fingerprint density at radius 3 is 3.29 bits per heavy atom. The molecular formula is C10H11N2O2. The monoisotopic (exact) mass is 191 g/mol. The lowest BCUT2D eigenvalue weighted by atomic mass is 10.1. The van der Waals surface area contributed by atoms with E-state index in [0.717, 1.165) is 6.54 Å². The highest BCUT2D eigenvalue weighted by Gasteiger charge is 2.22. The van der Waals surface area contributed by atoms with E-state index in [-0.39, 0.29) is 11.9 Å². The molecule has 2 heterocycles. The molecule has 1 fully saturated rings. The normalized spacial score (nSPS) is 21.9. The molecule has 0 bridgehead atoms. The number of nitrogens with one attached hydrogen (secondary N) is 1. The molecule has 1 atom stereocenters. The summed E-state index contributed by atoms with van der Waals surface area (Å²) in [5, 5.41) is 3.11. The fourth-order valence-electron chi connectivity index (χ4n) is 1.39. The highest BCUT2D eigenvalue weighted by atomic mass is 16.5. The molecule has 2 rings (SSSR count). The molecule has 0 aliphatic carbocycles. The Hall–Kier alpha value is -1.26. The van der Waals surface area contributed by atoms with Crippen molar-refractivity contribution in [1.29, 1.82) is 0 Å². The Morgan fingerprint density at radius 1 is 1.71 bits per heavy atom. The molecule has 1 aliphatic heterocycles. The van der Waals surface area contributed by atoms with Gasteiger partial charge in [0.2, 0.25) is 0 Å². The Balaban J connectivity index is 2.07. The highest BCUT2D eigenvalue weighted by Crippen LogP contribution is 2.06. The molecule has 4 nitrogen and oxygen atoms in total. The first-order valence-electron chi connectivity index (χ1n) is 4.56. The molecule has 1 radical (unpaired) electrons. The summed E-state index contributed by atoms with van der Waals surface area (Å²) in [6.45, 7) is 1.98. The van der Waals surface area contributed by atoms with Crippen molar-refractivity contribution in [3.8, 4) is 0 Å². The van der Waals surface area contributed by atoms with Gasteiger partial charge < -0.3 is 10.1 Å². The first kappa shape index (κ1) is 9.30. The lowest BCUT2D eigenvalue weighted by Gasteiger charge is -2.22. The second kappa shape index (κ2) is 4.30. The third-order valence-electron chi connectivity index (χ3n) is 2.12. The van der Waals surface area contributed by atoms with Crippen LogP contribution in [0.5, 0.6) is 0 Å². The number of carbonyl (C=O) groups excluding carboxylic acids is 1. The SMILES string of the molecule is O=C(c1cc[c]nc1)C1CNCCO1. The van der Waals surface area contributed by atoms with E-state index in [1.165, 1.54) is 6.20 Å². The first-order valence-corrected chi connectivity index (χ1v) is 4.56. The number of ketones is 1. The zero-order chi connectivity index (χ0) is 9.80. The Labute approximate surface area is 82.3 Å². The van der Waals surface area contributed by atoms with Crippen LogP contribution in [0.1, 0.15) is 10.4 Å². The van der Waals surface area contributed by atoms with Crippen LogP contribution in [-0.2, 0) is 4.74 Å². The summed E-state index contributed by atoms with van der Waals surface area (Å²) >= 11 is 0. The highest BCUT2D eigenvalue weighted by molar-refractivity contribution is 5.99. The van der Waals surface area contributed by atoms with Crippen molar-refractivity contribution in [2.24, 2.45) is 0 Å². The summed E-state index contributed by atoms with van der Waals surface area (Å²) in [6.07, 6.45) is 3.78. The summed E-state index contributed by atoms with van der Waals surface area (Å²) in [5.74, 6) is -0.0151. The predicted octanol–water partition coefficient (Wildman–Crippen LogP) is 0.0529. The van der Waals surface area contributed by atoms with Gasteiger partial charge in [0.05, 0.1) is 12.8 Å². The number of Topliss-reactive ketones (excluding diaryl/α,β-unsaturated/α-hetero) is 1. The topological polar surface area (TPSA) is 51.2 Å². The van der Waals surface area contributed by atoms with Gasteiger partial charge >= 0.3 is 0 Å². The van der Waals surface area contributed by atoms with E-state index in [1.807, 2.05) is 0 Å². The van der Waals surface area contributed by atoms with Crippen molar-refractivity contribution >= 4 is 5.78 Å². The minimum absolute atomic E-state index is 0.0151. The molecule has 1 saturated heterocycles. The number of hydrogen-bond acceptors (Lipinski definition) is 4. The largest absolute Gasteiger partial charge is 0.367 e. The quantitative estimate of drug-likeness (QED) is 0.671. The van der Waals surface area contributed by atoms with Crippen molar-refractivity contribution in [2.75, 3.05) is 19.7 Å². The maximum atomic E-state index is 11.8. The maximum Gasteiger partial charge on any atom is 0.194 e. The van der Waals surface area contributed by atoms with Gasteiger partial charge in [-0.25, -0.2) is 0 Å². The number of pyridine rings is 1. The fourth-order valence-corrected chi connectivity index (χ4v) is 1.39. The molecule has 1 aromatic heterocycles. The van der Waals surface area contributed by atoms with E-state index >= 15 is 0 Å². The summed E-state index contributed by atoms with van der Waals surface area (Å²) in [7, 11) is 0. The first-order chi connectivity index (χ1) is 6.88. The molecule has 0 aromatic carbocycles. The number of hydrogen-bond donors (Lipinski definition) is 1. The van der Waals surface area contributed by atoms with E-state index in [2.05, 4.69) is 16.5 Å². The number of rotatable bonds is 2. The van der Waals surface area contributed by atoms with Crippen LogP contribution in [0.25, 0.3) is 0 Å². The van der Waals surface area contributed by atoms with Crippen LogP contribution in [0.4, 0.5) is 0 Å². The van der Waals surface area contributed by atoms with Crippen LogP contribution < -0.4 is 5.32 Å². The van der Waals surface area contributed by atoms with Crippen molar-refractivity contribution in [1.82, 2.24) is 10.3 Å². The molecule has 1 unspecified atom stereocenters. The van der Waals surface area contributed by atoms with Gasteiger partial charge in [0.1, 0.15) is 6.10 Å². The maximum absolute atomic E-state index is 11.8. The number of aromatic nitrogens is 1. The van der Waals surface area contributed by atoms with E-state index in [1.54, 1.807) is 12.1 Å². The molecule has 73 valence electrons. The molecule has 14 heavy (non-hydrogen) atoms. The van der Waals surface area contributed by atoms with Gasteiger partial charge in [-0.3, -0.25) is 9.78 Å². The van der Waals surface area contributed by atoms with Crippen molar-refractivity contribution in [2.45, 2.75) is 6.10 Å². The molecule has 0 amide bonds. The number of morpholine rings is 1. The minimum atomic E-state index is -0.368. The standard InChI is InChI=1S/C10H11N2O2/c13-10(8-2-1-3-11-6-8)9-7-12-4-5-14-9/h1-2,6,9,12H,4-5,7H2. The van der Waals surface area contributed by atoms with Crippen LogP contribution in [0.3, 0.4) is 0 Å². The lowest BCUT2D eigenvalue weighted by Crippen LogP contribution is -2.43. The molecular weight excluding hydrogens is 180 g/mol. The fraction of sp³-hybridized carbons (Fsp3) is 0.400. The van der Waals surface area contributed by atoms with Crippen LogP contribution in [0.2, 0.25) is 0 Å². The van der Waals surface area contributed by atoms with Gasteiger partial charge in [-0.05, 0) is 12.1 Å². The summed E-state index contributed by atoms with van der Waals surface area (Å²) in [4.78, 5) is 15.6. The summed E-state index contributed by atoms with van der Waals surface area (Å²) in [5.41, 5.74) is 0.581. The van der Waals surface area contributed by atoms with Gasteiger partial charge in [0.15, 0.2) is 5.78 Å². The van der Waals surface area contributed by atoms with Gasteiger partial charge in [0.25, 0.3) is 0 Å². The second-order valence-corrected chi connectivity index (χ2v) is 3.10. The Bertz CT molecular complexity index is 307. The minimum Gasteiger partial charge on any atom is -0.367 e. The third kappa shape index (κ3) is 1.97. The summed E-state index contributed by atoms with van der Waals surface area (Å²) in [6, 6.07) is 3.33. The number of ether oxygens (including phenoxy) is 1.